The van der Waals surface area contributed by atoms with Crippen LogP contribution in [0, 0.1) is 0 Å². The van der Waals surface area contributed by atoms with Gasteiger partial charge in [-0.05, 0) is 22.4 Å². The predicted molar refractivity (Wildman–Crippen MR) is 41.6 cm³/mol. The largest absolute Gasteiger partial charge is 0.296 e. The molecule has 0 aliphatic heterocycles. The Bertz CT molecular complexity index is 545. The lowest BCUT2D eigenvalue weighted by Gasteiger charge is -1.93. The fourth-order valence-corrected chi connectivity index (χ4v) is 1.63. The van der Waals surface area contributed by atoms with E-state index in [-0.39, 0.29) is 15.9 Å². The van der Waals surface area contributed by atoms with Crippen molar-refractivity contribution < 1.29 is 17.6 Å². The highest BCUT2D eigenvalue weighted by Crippen LogP contribution is 2.18. The van der Waals surface area contributed by atoms with E-state index in [2.05, 4.69) is 14.9 Å². The van der Waals surface area contributed by atoms with Crippen LogP contribution in [0.3, 0.4) is 0 Å². The molecule has 0 fully saturated rings. The van der Waals surface area contributed by atoms with Crippen LogP contribution in [0.15, 0.2) is 27.7 Å². The van der Waals surface area contributed by atoms with Gasteiger partial charge in [-0.3, -0.25) is 4.55 Å². The summed E-state index contributed by atoms with van der Waals surface area (Å²) < 4.78 is 34.7. The highest BCUT2D eigenvalue weighted by atomic mass is 32.2. The van der Waals surface area contributed by atoms with Crippen LogP contribution < -0.4 is 0 Å². The number of aromatic nitrogens is 2. The van der Waals surface area contributed by atoms with E-state index in [9.17, 15) is 8.42 Å². The number of benzene rings is 1. The van der Waals surface area contributed by atoms with Crippen molar-refractivity contribution in [2.45, 2.75) is 4.90 Å². The number of hydrogen-bond acceptors (Lipinski definition) is 5. The SMILES string of the molecule is O=S(=O)(O)c1cccc2nonc12. The summed E-state index contributed by atoms with van der Waals surface area (Å²) in [4.78, 5) is -0.300. The van der Waals surface area contributed by atoms with Crippen molar-refractivity contribution in [1.29, 1.82) is 0 Å². The molecule has 0 aliphatic rings. The first-order chi connectivity index (χ1) is 6.09. The number of nitrogens with zero attached hydrogens (tertiary/aromatic N) is 2. The van der Waals surface area contributed by atoms with Gasteiger partial charge in [0, 0.05) is 0 Å². The first kappa shape index (κ1) is 8.14. The Balaban J connectivity index is 2.91. The van der Waals surface area contributed by atoms with Crippen LogP contribution in [0.2, 0.25) is 0 Å². The quantitative estimate of drug-likeness (QED) is 0.672. The third kappa shape index (κ3) is 1.27. The third-order valence-corrected chi connectivity index (χ3v) is 2.41. The average Bonchev–Trinajstić information content (AvgIpc) is 2.48. The summed E-state index contributed by atoms with van der Waals surface area (Å²) in [5.41, 5.74) is 0.320. The van der Waals surface area contributed by atoms with Crippen LogP contribution in [0.4, 0.5) is 0 Å². The lowest BCUT2D eigenvalue weighted by Crippen LogP contribution is -1.98. The fourth-order valence-electron chi connectivity index (χ4n) is 0.990. The van der Waals surface area contributed by atoms with E-state index < -0.39 is 10.1 Å². The monoisotopic (exact) mass is 200 g/mol. The lowest BCUT2D eigenvalue weighted by molar-refractivity contribution is 0.315. The Morgan fingerprint density at radius 1 is 1.31 bits per heavy atom. The lowest BCUT2D eigenvalue weighted by atomic mass is 10.3. The molecule has 2 rings (SSSR count). The molecule has 0 atom stereocenters. The molecule has 1 N–H and O–H groups in total. The summed E-state index contributed by atoms with van der Waals surface area (Å²) in [7, 11) is -4.26. The molecule has 0 spiro atoms. The van der Waals surface area contributed by atoms with Gasteiger partial charge in [0.2, 0.25) is 0 Å². The van der Waals surface area contributed by atoms with Gasteiger partial charge < -0.3 is 0 Å². The molecule has 1 aromatic carbocycles. The fraction of sp³-hybridized carbons (Fsp3) is 0. The molecule has 0 saturated carbocycles. The maximum absolute atomic E-state index is 10.8. The van der Waals surface area contributed by atoms with E-state index in [1.54, 1.807) is 0 Å². The van der Waals surface area contributed by atoms with Crippen LogP contribution in [0.1, 0.15) is 0 Å². The van der Waals surface area contributed by atoms with Gasteiger partial charge in [-0.25, -0.2) is 4.63 Å². The van der Waals surface area contributed by atoms with Gasteiger partial charge in [-0.1, -0.05) is 6.07 Å². The van der Waals surface area contributed by atoms with E-state index in [1.807, 2.05) is 0 Å². The summed E-state index contributed by atoms with van der Waals surface area (Å²) in [5.74, 6) is 0. The van der Waals surface area contributed by atoms with Gasteiger partial charge in [0.25, 0.3) is 10.1 Å². The van der Waals surface area contributed by atoms with Crippen LogP contribution in [0.25, 0.3) is 11.0 Å². The second kappa shape index (κ2) is 2.51. The molecular weight excluding hydrogens is 196 g/mol. The van der Waals surface area contributed by atoms with Crippen molar-refractivity contribution in [1.82, 2.24) is 10.3 Å². The molecule has 0 unspecified atom stereocenters. The minimum atomic E-state index is -4.26. The minimum Gasteiger partial charge on any atom is -0.282 e. The van der Waals surface area contributed by atoms with Crippen LogP contribution in [-0.2, 0) is 10.1 Å². The van der Waals surface area contributed by atoms with Crippen molar-refractivity contribution in [3.05, 3.63) is 18.2 Å². The summed E-state index contributed by atoms with van der Waals surface area (Å²) in [5, 5.41) is 6.79. The Hall–Kier alpha value is -1.47. The first-order valence-corrected chi connectivity index (χ1v) is 4.72. The molecule has 1 heterocycles. The average molecular weight is 200 g/mol. The van der Waals surface area contributed by atoms with E-state index >= 15 is 0 Å². The Kier molecular flexibility index (Phi) is 1.57. The van der Waals surface area contributed by atoms with Crippen LogP contribution in [-0.4, -0.2) is 23.3 Å². The van der Waals surface area contributed by atoms with Gasteiger partial charge in [0.05, 0.1) is 0 Å². The molecule has 0 saturated heterocycles. The first-order valence-electron chi connectivity index (χ1n) is 3.28. The second-order valence-electron chi connectivity index (χ2n) is 2.36. The van der Waals surface area contributed by atoms with Crippen molar-refractivity contribution in [3.8, 4) is 0 Å². The molecule has 1 aromatic heterocycles. The maximum Gasteiger partial charge on any atom is 0.296 e. The molecule has 2 aromatic rings. The molecule has 6 nitrogen and oxygen atoms in total. The zero-order chi connectivity index (χ0) is 9.47. The highest BCUT2D eigenvalue weighted by Gasteiger charge is 2.16. The smallest absolute Gasteiger partial charge is 0.282 e. The molecule has 0 aliphatic carbocycles. The van der Waals surface area contributed by atoms with Crippen molar-refractivity contribution in [2.24, 2.45) is 0 Å². The zero-order valence-electron chi connectivity index (χ0n) is 6.21. The Morgan fingerprint density at radius 3 is 2.77 bits per heavy atom. The van der Waals surface area contributed by atoms with Gasteiger partial charge in [0.1, 0.15) is 10.4 Å². The molecule has 13 heavy (non-hydrogen) atoms. The summed E-state index contributed by atoms with van der Waals surface area (Å²) in [6.45, 7) is 0. The summed E-state index contributed by atoms with van der Waals surface area (Å²) in [6.07, 6.45) is 0. The highest BCUT2D eigenvalue weighted by molar-refractivity contribution is 7.86. The van der Waals surface area contributed by atoms with Gasteiger partial charge in [0.15, 0.2) is 5.52 Å². The topological polar surface area (TPSA) is 93.3 Å². The molecule has 0 amide bonds. The number of fused-ring (bicyclic) bond motifs is 1. The number of hydrogen-bond donors (Lipinski definition) is 1. The van der Waals surface area contributed by atoms with Gasteiger partial charge in [-0.2, -0.15) is 8.42 Å². The van der Waals surface area contributed by atoms with Crippen LogP contribution >= 0.6 is 0 Å². The molecular formula is C6H4N2O4S. The van der Waals surface area contributed by atoms with E-state index in [1.165, 1.54) is 18.2 Å². The summed E-state index contributed by atoms with van der Waals surface area (Å²) >= 11 is 0. The maximum atomic E-state index is 10.8. The molecule has 0 bridgehead atoms. The van der Waals surface area contributed by atoms with E-state index in [0.717, 1.165) is 0 Å². The Labute approximate surface area is 72.9 Å². The molecule has 68 valence electrons. The second-order valence-corrected chi connectivity index (χ2v) is 3.75. The number of rotatable bonds is 1. The van der Waals surface area contributed by atoms with E-state index in [0.29, 0.717) is 0 Å². The van der Waals surface area contributed by atoms with Crippen molar-refractivity contribution in [2.75, 3.05) is 0 Å². The third-order valence-electron chi connectivity index (χ3n) is 1.53. The van der Waals surface area contributed by atoms with E-state index in [4.69, 9.17) is 4.55 Å². The molecule has 0 radical (unpaired) electrons. The van der Waals surface area contributed by atoms with Crippen LogP contribution in [0.5, 0.6) is 0 Å². The Morgan fingerprint density at radius 2 is 2.08 bits per heavy atom. The summed E-state index contributed by atoms with van der Waals surface area (Å²) in [6, 6.07) is 4.19. The van der Waals surface area contributed by atoms with Gasteiger partial charge >= 0.3 is 0 Å². The predicted octanol–water partition coefficient (Wildman–Crippen LogP) is 0.470. The standard InChI is InChI=1S/C6H4N2O4S/c9-13(10,11)5-3-1-2-4-6(5)8-12-7-4/h1-3H,(H,9,10,11). The minimum absolute atomic E-state index is 0.0324. The molecule has 7 heteroatoms. The zero-order valence-corrected chi connectivity index (χ0v) is 7.02. The normalized spacial score (nSPS) is 12.1. The van der Waals surface area contributed by atoms with Gasteiger partial charge in [-0.15, -0.1) is 0 Å². The van der Waals surface area contributed by atoms with Crippen molar-refractivity contribution in [3.63, 3.8) is 0 Å². The van der Waals surface area contributed by atoms with Crippen molar-refractivity contribution >= 4 is 21.2 Å².